The summed E-state index contributed by atoms with van der Waals surface area (Å²) in [7, 11) is 0. The average Bonchev–Trinajstić information content (AvgIpc) is 3.35. The Morgan fingerprint density at radius 3 is 2.48 bits per heavy atom. The van der Waals surface area contributed by atoms with E-state index in [9.17, 15) is 0 Å². The lowest BCUT2D eigenvalue weighted by atomic mass is 10.0. The van der Waals surface area contributed by atoms with E-state index < -0.39 is 0 Å². The van der Waals surface area contributed by atoms with Gasteiger partial charge in [-0.05, 0) is 67.7 Å². The van der Waals surface area contributed by atoms with Gasteiger partial charge in [-0.15, -0.1) is 0 Å². The first-order valence-corrected chi connectivity index (χ1v) is 10.6. The van der Waals surface area contributed by atoms with Gasteiger partial charge in [-0.2, -0.15) is 0 Å². The third-order valence-corrected chi connectivity index (χ3v) is 5.92. The van der Waals surface area contributed by atoms with E-state index in [-0.39, 0.29) is 12.1 Å². The van der Waals surface area contributed by atoms with Gasteiger partial charge in [0.1, 0.15) is 0 Å². The Balaban J connectivity index is 1.63. The number of aromatic nitrogens is 4. The molecule has 4 aromatic rings. The molecule has 0 aromatic carbocycles. The van der Waals surface area contributed by atoms with Crippen LogP contribution in [-0.2, 0) is 6.54 Å². The summed E-state index contributed by atoms with van der Waals surface area (Å²) in [6, 6.07) is 20.1. The first kappa shape index (κ1) is 19.4. The molecular formula is C24H22N6S. The van der Waals surface area contributed by atoms with Crippen molar-refractivity contribution in [2.24, 2.45) is 0 Å². The smallest absolute Gasteiger partial charge is 0.170 e. The van der Waals surface area contributed by atoms with Crippen molar-refractivity contribution >= 4 is 17.3 Å². The summed E-state index contributed by atoms with van der Waals surface area (Å²) in [5.74, 6) is 0. The van der Waals surface area contributed by atoms with E-state index in [0.717, 1.165) is 28.5 Å². The molecule has 1 aliphatic rings. The van der Waals surface area contributed by atoms with Gasteiger partial charge in [0.25, 0.3) is 0 Å². The molecule has 0 radical (unpaired) electrons. The second-order valence-corrected chi connectivity index (χ2v) is 7.91. The van der Waals surface area contributed by atoms with E-state index in [2.05, 4.69) is 54.9 Å². The van der Waals surface area contributed by atoms with Gasteiger partial charge in [-0.1, -0.05) is 12.1 Å². The zero-order chi connectivity index (χ0) is 21.2. The summed E-state index contributed by atoms with van der Waals surface area (Å²) < 4.78 is 2.24. The zero-order valence-corrected chi connectivity index (χ0v) is 17.9. The molecule has 31 heavy (non-hydrogen) atoms. The Hall–Kier alpha value is -3.58. The van der Waals surface area contributed by atoms with Crippen molar-refractivity contribution in [3.8, 4) is 5.69 Å². The monoisotopic (exact) mass is 426 g/mol. The normalized spacial score (nSPS) is 18.2. The molecular weight excluding hydrogens is 404 g/mol. The lowest BCUT2D eigenvalue weighted by molar-refractivity contribution is 0.299. The molecule has 0 unspecified atom stereocenters. The first-order valence-electron chi connectivity index (χ1n) is 10.2. The van der Waals surface area contributed by atoms with Crippen LogP contribution in [0.3, 0.4) is 0 Å². The maximum absolute atomic E-state index is 5.80. The zero-order valence-electron chi connectivity index (χ0n) is 17.1. The summed E-state index contributed by atoms with van der Waals surface area (Å²) in [4.78, 5) is 15.7. The van der Waals surface area contributed by atoms with Crippen LogP contribution in [0.5, 0.6) is 0 Å². The molecule has 0 bridgehead atoms. The molecule has 1 aliphatic heterocycles. The van der Waals surface area contributed by atoms with Gasteiger partial charge < -0.3 is 14.8 Å². The van der Waals surface area contributed by atoms with Gasteiger partial charge in [-0.25, -0.2) is 0 Å². The van der Waals surface area contributed by atoms with E-state index >= 15 is 0 Å². The Labute approximate surface area is 186 Å². The third kappa shape index (κ3) is 3.68. The molecule has 0 amide bonds. The number of nitrogens with one attached hydrogen (secondary N) is 1. The van der Waals surface area contributed by atoms with Crippen molar-refractivity contribution in [1.82, 2.24) is 29.7 Å². The average molecular weight is 427 g/mol. The minimum atomic E-state index is -0.0814. The second-order valence-electron chi connectivity index (χ2n) is 7.52. The second kappa shape index (κ2) is 8.28. The van der Waals surface area contributed by atoms with Crippen molar-refractivity contribution in [1.29, 1.82) is 0 Å². The van der Waals surface area contributed by atoms with Crippen LogP contribution in [0.25, 0.3) is 5.69 Å². The van der Waals surface area contributed by atoms with Crippen molar-refractivity contribution in [2.45, 2.75) is 25.6 Å². The lowest BCUT2D eigenvalue weighted by Gasteiger charge is -2.29. The van der Waals surface area contributed by atoms with Crippen LogP contribution >= 0.6 is 12.2 Å². The molecule has 0 saturated carbocycles. The maximum Gasteiger partial charge on any atom is 0.170 e. The Kier molecular flexibility index (Phi) is 5.18. The van der Waals surface area contributed by atoms with E-state index in [4.69, 9.17) is 12.2 Å². The molecule has 1 fully saturated rings. The highest BCUT2D eigenvalue weighted by Gasteiger charge is 2.41. The van der Waals surface area contributed by atoms with Gasteiger partial charge in [-0.3, -0.25) is 15.0 Å². The molecule has 0 aliphatic carbocycles. The highest BCUT2D eigenvalue weighted by Crippen LogP contribution is 2.40. The molecule has 1 N–H and O–H groups in total. The SMILES string of the molecule is Cc1ccc([C@H]2[C@H](c3ccccn3)NC(=S)N2Cc2ccccn2)n1-c1cccnc1. The minimum absolute atomic E-state index is 0.0571. The predicted octanol–water partition coefficient (Wildman–Crippen LogP) is 4.14. The molecule has 7 heteroatoms. The summed E-state index contributed by atoms with van der Waals surface area (Å²) in [5.41, 5.74) is 5.21. The Morgan fingerprint density at radius 2 is 1.77 bits per heavy atom. The quantitative estimate of drug-likeness (QED) is 0.484. The summed E-state index contributed by atoms with van der Waals surface area (Å²) in [6.07, 6.45) is 7.31. The first-order chi connectivity index (χ1) is 15.2. The highest BCUT2D eigenvalue weighted by molar-refractivity contribution is 7.80. The minimum Gasteiger partial charge on any atom is -0.352 e. The fourth-order valence-electron chi connectivity index (χ4n) is 4.19. The van der Waals surface area contributed by atoms with Gasteiger partial charge in [0.2, 0.25) is 0 Å². The van der Waals surface area contributed by atoms with Crippen molar-refractivity contribution in [3.63, 3.8) is 0 Å². The number of hydrogen-bond donors (Lipinski definition) is 1. The van der Waals surface area contributed by atoms with Crippen molar-refractivity contribution in [2.75, 3.05) is 0 Å². The predicted molar refractivity (Wildman–Crippen MR) is 124 cm³/mol. The standard InChI is InChI=1S/C24H22N6S/c1-17-10-11-21(30(17)19-8-6-12-25-15-19)23-22(20-9-3-5-14-27-20)28-24(31)29(23)16-18-7-2-4-13-26-18/h2-15,22-23H,16H2,1H3,(H,28,31)/t22-,23-/m0/s1. The summed E-state index contributed by atoms with van der Waals surface area (Å²) >= 11 is 5.80. The molecule has 5 heterocycles. The van der Waals surface area contributed by atoms with Crippen LogP contribution in [0, 0.1) is 6.92 Å². The lowest BCUT2D eigenvalue weighted by Crippen LogP contribution is -2.30. The number of aryl methyl sites for hydroxylation is 1. The number of thiocarbonyl (C=S) groups is 1. The molecule has 5 rings (SSSR count). The van der Waals surface area contributed by atoms with Crippen LogP contribution in [0.2, 0.25) is 0 Å². The molecule has 4 aromatic heterocycles. The van der Waals surface area contributed by atoms with Crippen LogP contribution < -0.4 is 5.32 Å². The fraction of sp³-hybridized carbons (Fsp3) is 0.167. The number of nitrogens with zero attached hydrogens (tertiary/aromatic N) is 5. The van der Waals surface area contributed by atoms with Crippen molar-refractivity contribution in [3.05, 3.63) is 108 Å². The van der Waals surface area contributed by atoms with E-state index in [1.165, 1.54) is 0 Å². The van der Waals surface area contributed by atoms with Crippen LogP contribution in [-0.4, -0.2) is 29.5 Å². The Morgan fingerprint density at radius 1 is 0.935 bits per heavy atom. The van der Waals surface area contributed by atoms with Gasteiger partial charge >= 0.3 is 0 Å². The van der Waals surface area contributed by atoms with Crippen LogP contribution in [0.15, 0.2) is 85.5 Å². The molecule has 2 atom stereocenters. The largest absolute Gasteiger partial charge is 0.352 e. The Bertz CT molecular complexity index is 1180. The topological polar surface area (TPSA) is 58.9 Å². The fourth-order valence-corrected chi connectivity index (χ4v) is 4.50. The molecule has 1 saturated heterocycles. The third-order valence-electron chi connectivity index (χ3n) is 5.57. The summed E-state index contributed by atoms with van der Waals surface area (Å²) in [6.45, 7) is 2.72. The molecule has 154 valence electrons. The number of hydrogen-bond acceptors (Lipinski definition) is 4. The van der Waals surface area contributed by atoms with E-state index in [0.29, 0.717) is 11.7 Å². The number of rotatable bonds is 5. The van der Waals surface area contributed by atoms with E-state index in [1.807, 2.05) is 61.1 Å². The van der Waals surface area contributed by atoms with E-state index in [1.54, 1.807) is 6.20 Å². The van der Waals surface area contributed by atoms with Crippen LogP contribution in [0.4, 0.5) is 0 Å². The number of pyridine rings is 3. The van der Waals surface area contributed by atoms with Crippen molar-refractivity contribution < 1.29 is 0 Å². The maximum atomic E-state index is 5.80. The van der Waals surface area contributed by atoms with Gasteiger partial charge in [0.15, 0.2) is 5.11 Å². The van der Waals surface area contributed by atoms with Gasteiger partial charge in [0.05, 0.1) is 41.9 Å². The molecule has 6 nitrogen and oxygen atoms in total. The molecule has 0 spiro atoms. The summed E-state index contributed by atoms with van der Waals surface area (Å²) in [5, 5.41) is 4.21. The van der Waals surface area contributed by atoms with Crippen LogP contribution in [0.1, 0.15) is 34.9 Å². The van der Waals surface area contributed by atoms with Gasteiger partial charge in [0, 0.05) is 30.0 Å². The highest BCUT2D eigenvalue weighted by atomic mass is 32.1.